The van der Waals surface area contributed by atoms with E-state index >= 15 is 0 Å². The fourth-order valence-corrected chi connectivity index (χ4v) is 1.76. The number of para-hydroxylation sites is 1. The Labute approximate surface area is 129 Å². The van der Waals surface area contributed by atoms with Crippen LogP contribution in [0.25, 0.3) is 0 Å². The smallest absolute Gasteiger partial charge is 0.405 e. The van der Waals surface area contributed by atoms with E-state index in [9.17, 15) is 13.2 Å². The topological polar surface area (TPSA) is 30.8 Å². The summed E-state index contributed by atoms with van der Waals surface area (Å²) in [6.45, 7) is -0.191. The number of benzene rings is 2. The van der Waals surface area contributed by atoms with Crippen LogP contribution in [-0.4, -0.2) is 12.6 Å². The van der Waals surface area contributed by atoms with Crippen molar-refractivity contribution in [2.24, 2.45) is 5.16 Å². The fourth-order valence-electron chi connectivity index (χ4n) is 1.58. The molecule has 0 atom stereocenters. The number of alkyl halides is 3. The highest BCUT2D eigenvalue weighted by molar-refractivity contribution is 6.33. The fraction of sp³-hybridized carbons (Fsp3) is 0.133. The van der Waals surface area contributed by atoms with E-state index in [0.717, 1.165) is 0 Å². The molecular formula is C15H10ClF3NO2. The van der Waals surface area contributed by atoms with Crippen LogP contribution in [-0.2, 0) is 11.4 Å². The molecule has 0 amide bonds. The van der Waals surface area contributed by atoms with Crippen LogP contribution in [0.4, 0.5) is 13.2 Å². The van der Waals surface area contributed by atoms with Crippen molar-refractivity contribution >= 4 is 17.8 Å². The Morgan fingerprint density at radius 1 is 1.05 bits per heavy atom. The lowest BCUT2D eigenvalue weighted by Crippen LogP contribution is -2.18. The van der Waals surface area contributed by atoms with E-state index < -0.39 is 6.36 Å². The summed E-state index contributed by atoms with van der Waals surface area (Å²) in [5, 5.41) is 4.00. The molecule has 2 aromatic rings. The predicted octanol–water partition coefficient (Wildman–Crippen LogP) is 4.67. The summed E-state index contributed by atoms with van der Waals surface area (Å²) < 4.78 is 40.7. The second-order valence-corrected chi connectivity index (χ2v) is 4.52. The summed E-state index contributed by atoms with van der Waals surface area (Å²) in [7, 11) is 0. The maximum absolute atomic E-state index is 12.3. The Kier molecular flexibility index (Phi) is 5.27. The Hall–Kier alpha value is -2.21. The van der Waals surface area contributed by atoms with Crippen LogP contribution in [0.3, 0.4) is 0 Å². The Morgan fingerprint density at radius 3 is 2.45 bits per heavy atom. The van der Waals surface area contributed by atoms with Crippen molar-refractivity contribution in [1.29, 1.82) is 0 Å². The number of halogens is 4. The van der Waals surface area contributed by atoms with Gasteiger partial charge in [-0.05, 0) is 12.1 Å². The minimum absolute atomic E-state index is 0.191. The van der Waals surface area contributed by atoms with Crippen molar-refractivity contribution < 1.29 is 22.7 Å². The van der Waals surface area contributed by atoms with Gasteiger partial charge in [-0.2, -0.15) is 0 Å². The average molecular weight is 329 g/mol. The van der Waals surface area contributed by atoms with Gasteiger partial charge in [-0.25, -0.2) is 0 Å². The van der Waals surface area contributed by atoms with Gasteiger partial charge in [0, 0.05) is 11.1 Å². The third-order valence-corrected chi connectivity index (χ3v) is 2.85. The first-order valence-corrected chi connectivity index (χ1v) is 6.50. The summed E-state index contributed by atoms with van der Waals surface area (Å²) in [5.41, 5.74) is 0.730. The maximum atomic E-state index is 12.3. The van der Waals surface area contributed by atoms with Gasteiger partial charge in [-0.1, -0.05) is 53.2 Å². The standard InChI is InChI=1S/C15H10ClF3NO2/c16-13-7-3-1-5-11(13)9-20-21-10-12-6-2-4-8-14(12)22-15(17,18)19/h1-8H,10H2. The molecule has 2 aromatic carbocycles. The van der Waals surface area contributed by atoms with Crippen molar-refractivity contribution in [3.05, 3.63) is 64.7 Å². The molecule has 7 heteroatoms. The molecular weight excluding hydrogens is 319 g/mol. The zero-order valence-electron chi connectivity index (χ0n) is 11.1. The van der Waals surface area contributed by atoms with Crippen LogP contribution in [0.2, 0.25) is 5.02 Å². The molecule has 0 saturated carbocycles. The molecule has 0 aliphatic heterocycles. The van der Waals surface area contributed by atoms with Crippen molar-refractivity contribution in [2.75, 3.05) is 0 Å². The van der Waals surface area contributed by atoms with Gasteiger partial charge in [0.15, 0.2) is 0 Å². The zero-order valence-corrected chi connectivity index (χ0v) is 11.9. The van der Waals surface area contributed by atoms with E-state index in [1.165, 1.54) is 18.2 Å². The molecule has 0 bridgehead atoms. The van der Waals surface area contributed by atoms with Gasteiger partial charge in [0.25, 0.3) is 0 Å². The SMILES string of the molecule is FC(F)(F)Oc1ccccc1CO/N=[C]\c1ccccc1Cl. The zero-order chi connectivity index (χ0) is 16.0. The molecule has 3 nitrogen and oxygen atoms in total. The molecule has 0 aliphatic carbocycles. The van der Waals surface area contributed by atoms with Crippen molar-refractivity contribution in [1.82, 2.24) is 0 Å². The van der Waals surface area contributed by atoms with Gasteiger partial charge in [0.2, 0.25) is 0 Å². The maximum Gasteiger partial charge on any atom is 0.573 e. The Morgan fingerprint density at radius 2 is 1.73 bits per heavy atom. The minimum Gasteiger partial charge on any atom is -0.405 e. The molecule has 0 spiro atoms. The second kappa shape index (κ2) is 7.17. The van der Waals surface area contributed by atoms with Crippen LogP contribution in [0.15, 0.2) is 53.7 Å². The van der Waals surface area contributed by atoms with Crippen LogP contribution < -0.4 is 4.74 Å². The third-order valence-electron chi connectivity index (χ3n) is 2.52. The van der Waals surface area contributed by atoms with E-state index in [1.54, 1.807) is 30.3 Å². The monoisotopic (exact) mass is 328 g/mol. The van der Waals surface area contributed by atoms with Crippen LogP contribution in [0.5, 0.6) is 5.75 Å². The molecule has 0 saturated heterocycles. The molecule has 0 aromatic heterocycles. The highest BCUT2D eigenvalue weighted by atomic mass is 35.5. The molecule has 0 N–H and O–H groups in total. The summed E-state index contributed by atoms with van der Waals surface area (Å²) in [4.78, 5) is 4.94. The molecule has 0 unspecified atom stereocenters. The van der Waals surface area contributed by atoms with E-state index in [-0.39, 0.29) is 17.9 Å². The van der Waals surface area contributed by atoms with Crippen LogP contribution >= 0.6 is 11.6 Å². The summed E-state index contributed by atoms with van der Waals surface area (Å²) in [6.07, 6.45) is -2.20. The summed E-state index contributed by atoms with van der Waals surface area (Å²) >= 11 is 5.89. The lowest BCUT2D eigenvalue weighted by molar-refractivity contribution is -0.275. The number of hydrogen-bond donors (Lipinski definition) is 0. The first-order valence-electron chi connectivity index (χ1n) is 6.12. The molecule has 2 rings (SSSR count). The van der Waals surface area contributed by atoms with E-state index in [0.29, 0.717) is 10.6 Å². The van der Waals surface area contributed by atoms with Gasteiger partial charge < -0.3 is 9.57 Å². The molecule has 0 aliphatic rings. The number of hydrogen-bond acceptors (Lipinski definition) is 3. The normalized spacial score (nSPS) is 11.6. The lowest BCUT2D eigenvalue weighted by atomic mass is 10.2. The first kappa shape index (κ1) is 16.2. The third kappa shape index (κ3) is 4.96. The van der Waals surface area contributed by atoms with E-state index in [1.807, 2.05) is 0 Å². The molecule has 0 fully saturated rings. The number of ether oxygens (including phenoxy) is 1. The van der Waals surface area contributed by atoms with Crippen LogP contribution in [0.1, 0.15) is 11.1 Å². The molecule has 1 radical (unpaired) electrons. The summed E-state index contributed by atoms with van der Waals surface area (Å²) in [5.74, 6) is -0.331. The number of nitrogens with zero attached hydrogens (tertiary/aromatic N) is 1. The summed E-state index contributed by atoms with van der Waals surface area (Å²) in [6, 6.07) is 12.5. The van der Waals surface area contributed by atoms with Gasteiger partial charge >= 0.3 is 6.36 Å². The highest BCUT2D eigenvalue weighted by Crippen LogP contribution is 2.26. The molecule has 0 heterocycles. The largest absolute Gasteiger partial charge is 0.573 e. The van der Waals surface area contributed by atoms with Crippen molar-refractivity contribution in [3.63, 3.8) is 0 Å². The van der Waals surface area contributed by atoms with E-state index in [2.05, 4.69) is 16.1 Å². The average Bonchev–Trinajstić information content (AvgIpc) is 2.45. The van der Waals surface area contributed by atoms with Gasteiger partial charge in [-0.15, -0.1) is 13.2 Å². The highest BCUT2D eigenvalue weighted by Gasteiger charge is 2.32. The van der Waals surface area contributed by atoms with Gasteiger partial charge in [-0.3, -0.25) is 0 Å². The van der Waals surface area contributed by atoms with Gasteiger partial charge in [0.05, 0.1) is 5.02 Å². The van der Waals surface area contributed by atoms with Crippen LogP contribution in [0, 0.1) is 0 Å². The van der Waals surface area contributed by atoms with E-state index in [4.69, 9.17) is 16.4 Å². The van der Waals surface area contributed by atoms with Crippen molar-refractivity contribution in [2.45, 2.75) is 13.0 Å². The molecule has 115 valence electrons. The Balaban J connectivity index is 1.99. The quantitative estimate of drug-likeness (QED) is 0.590. The van der Waals surface area contributed by atoms with Gasteiger partial charge in [0.1, 0.15) is 18.6 Å². The first-order chi connectivity index (χ1) is 10.5. The predicted molar refractivity (Wildman–Crippen MR) is 75.9 cm³/mol. The second-order valence-electron chi connectivity index (χ2n) is 4.11. The Bertz CT molecular complexity index is 659. The lowest BCUT2D eigenvalue weighted by Gasteiger charge is -2.12. The number of rotatable bonds is 5. The minimum atomic E-state index is -4.76. The molecule has 22 heavy (non-hydrogen) atoms. The van der Waals surface area contributed by atoms with Crippen molar-refractivity contribution in [3.8, 4) is 5.75 Å².